The van der Waals surface area contributed by atoms with E-state index in [2.05, 4.69) is 51.7 Å². The van der Waals surface area contributed by atoms with E-state index in [1.54, 1.807) is 0 Å². The molecule has 1 aromatic rings. The maximum absolute atomic E-state index is 3.49. The molecule has 1 fully saturated rings. The van der Waals surface area contributed by atoms with Gasteiger partial charge in [0.2, 0.25) is 0 Å². The quantitative estimate of drug-likeness (QED) is 0.828. The number of benzene rings is 1. The highest BCUT2D eigenvalue weighted by Gasteiger charge is 2.15. The summed E-state index contributed by atoms with van der Waals surface area (Å²) in [6.07, 6.45) is 0. The largest absolute Gasteiger partial charge is 0.380 e. The first kappa shape index (κ1) is 9.03. The van der Waals surface area contributed by atoms with Crippen LogP contribution in [-0.2, 0) is 0 Å². The summed E-state index contributed by atoms with van der Waals surface area (Å²) in [5.74, 6) is 0. The van der Waals surface area contributed by atoms with Gasteiger partial charge in [0.25, 0.3) is 0 Å². The molecule has 1 saturated heterocycles. The first-order valence-electron chi connectivity index (χ1n) is 4.49. The van der Waals surface area contributed by atoms with Crippen LogP contribution in [0.2, 0.25) is 0 Å². The molecule has 0 bridgehead atoms. The number of hydrogen-bond acceptors (Lipinski definition) is 2. The van der Waals surface area contributed by atoms with Gasteiger partial charge < -0.3 is 10.6 Å². The summed E-state index contributed by atoms with van der Waals surface area (Å²) in [4.78, 5) is 0. The number of halogens is 1. The maximum atomic E-state index is 3.49. The molecule has 1 heterocycles. The van der Waals surface area contributed by atoms with Crippen LogP contribution in [0.3, 0.4) is 0 Å². The predicted octanol–water partition coefficient (Wildman–Crippen LogP) is 2.14. The highest BCUT2D eigenvalue weighted by Crippen LogP contribution is 2.20. The third-order valence-electron chi connectivity index (χ3n) is 2.31. The molecule has 0 amide bonds. The Hall–Kier alpha value is -0.540. The summed E-state index contributed by atoms with van der Waals surface area (Å²) < 4.78 is 1.17. The van der Waals surface area contributed by atoms with Gasteiger partial charge in [-0.05, 0) is 30.7 Å². The number of anilines is 1. The average molecular weight is 241 g/mol. The van der Waals surface area contributed by atoms with Crippen LogP contribution in [0.1, 0.15) is 5.56 Å². The van der Waals surface area contributed by atoms with Gasteiger partial charge in [-0.15, -0.1) is 0 Å². The molecule has 0 aliphatic carbocycles. The highest BCUT2D eigenvalue weighted by atomic mass is 79.9. The minimum Gasteiger partial charge on any atom is -0.380 e. The fraction of sp³-hybridized carbons (Fsp3) is 0.400. The van der Waals surface area contributed by atoms with Crippen molar-refractivity contribution < 1.29 is 0 Å². The van der Waals surface area contributed by atoms with E-state index in [0.29, 0.717) is 6.04 Å². The molecule has 2 nitrogen and oxygen atoms in total. The summed E-state index contributed by atoms with van der Waals surface area (Å²) in [6.45, 7) is 4.26. The van der Waals surface area contributed by atoms with Gasteiger partial charge in [-0.2, -0.15) is 0 Å². The van der Waals surface area contributed by atoms with E-state index in [9.17, 15) is 0 Å². The van der Waals surface area contributed by atoms with Gasteiger partial charge in [0.05, 0.1) is 6.04 Å². The molecule has 0 spiro atoms. The molecule has 0 unspecified atom stereocenters. The van der Waals surface area contributed by atoms with E-state index >= 15 is 0 Å². The van der Waals surface area contributed by atoms with E-state index in [1.807, 2.05) is 0 Å². The van der Waals surface area contributed by atoms with E-state index in [-0.39, 0.29) is 0 Å². The lowest BCUT2D eigenvalue weighted by molar-refractivity contribution is 0.472. The van der Waals surface area contributed by atoms with Crippen molar-refractivity contribution in [1.29, 1.82) is 0 Å². The lowest BCUT2D eigenvalue weighted by Gasteiger charge is -2.29. The molecule has 0 radical (unpaired) electrons. The lowest BCUT2D eigenvalue weighted by atomic mass is 10.1. The van der Waals surface area contributed by atoms with E-state index < -0.39 is 0 Å². The van der Waals surface area contributed by atoms with Crippen LogP contribution in [0.15, 0.2) is 22.7 Å². The molecule has 2 N–H and O–H groups in total. The van der Waals surface area contributed by atoms with Gasteiger partial charge in [0.15, 0.2) is 0 Å². The molecule has 0 saturated carbocycles. The van der Waals surface area contributed by atoms with E-state index in [4.69, 9.17) is 0 Å². The smallest absolute Gasteiger partial charge is 0.0510 e. The molecule has 1 aromatic carbocycles. The standard InChI is InChI=1S/C10H13BrN2/c1-7-4-8(2-3-10(7)11)13-9-5-12-6-9/h2-4,9,12-13H,5-6H2,1H3. The van der Waals surface area contributed by atoms with Gasteiger partial charge in [0.1, 0.15) is 0 Å². The van der Waals surface area contributed by atoms with Crippen molar-refractivity contribution >= 4 is 21.6 Å². The number of aryl methyl sites for hydroxylation is 1. The Balaban J connectivity index is 2.07. The van der Waals surface area contributed by atoms with Gasteiger partial charge in [-0.25, -0.2) is 0 Å². The zero-order valence-corrected chi connectivity index (χ0v) is 9.19. The van der Waals surface area contributed by atoms with Crippen molar-refractivity contribution in [2.24, 2.45) is 0 Å². The van der Waals surface area contributed by atoms with Crippen LogP contribution >= 0.6 is 15.9 Å². The first-order chi connectivity index (χ1) is 6.25. The summed E-state index contributed by atoms with van der Waals surface area (Å²) in [6, 6.07) is 6.97. The van der Waals surface area contributed by atoms with Gasteiger partial charge >= 0.3 is 0 Å². The predicted molar refractivity (Wildman–Crippen MR) is 59.2 cm³/mol. The molecule has 2 rings (SSSR count). The number of rotatable bonds is 2. The zero-order valence-electron chi connectivity index (χ0n) is 7.60. The monoisotopic (exact) mass is 240 g/mol. The number of nitrogens with one attached hydrogen (secondary N) is 2. The first-order valence-corrected chi connectivity index (χ1v) is 5.28. The van der Waals surface area contributed by atoms with Gasteiger partial charge in [-0.1, -0.05) is 15.9 Å². The second-order valence-electron chi connectivity index (χ2n) is 3.46. The van der Waals surface area contributed by atoms with Crippen molar-refractivity contribution in [3.63, 3.8) is 0 Å². The third kappa shape index (κ3) is 2.03. The van der Waals surface area contributed by atoms with Crippen LogP contribution in [-0.4, -0.2) is 19.1 Å². The molecule has 1 aliphatic rings. The molecule has 0 aromatic heterocycles. The normalized spacial score (nSPS) is 16.8. The lowest BCUT2D eigenvalue weighted by Crippen LogP contribution is -2.51. The van der Waals surface area contributed by atoms with Crippen molar-refractivity contribution in [3.8, 4) is 0 Å². The minimum atomic E-state index is 0.612. The minimum absolute atomic E-state index is 0.612. The van der Waals surface area contributed by atoms with Crippen LogP contribution in [0.5, 0.6) is 0 Å². The molecule has 70 valence electrons. The van der Waals surface area contributed by atoms with Crippen LogP contribution < -0.4 is 10.6 Å². The average Bonchev–Trinajstić information content (AvgIpc) is 2.04. The van der Waals surface area contributed by atoms with Crippen LogP contribution in [0.4, 0.5) is 5.69 Å². The Morgan fingerprint density at radius 1 is 1.46 bits per heavy atom. The SMILES string of the molecule is Cc1cc(NC2CNC2)ccc1Br. The second kappa shape index (κ2) is 3.68. The summed E-state index contributed by atoms with van der Waals surface area (Å²) in [5, 5.41) is 6.70. The second-order valence-corrected chi connectivity index (χ2v) is 4.32. The Morgan fingerprint density at radius 3 is 2.77 bits per heavy atom. The van der Waals surface area contributed by atoms with Gasteiger partial charge in [0, 0.05) is 23.2 Å². The third-order valence-corrected chi connectivity index (χ3v) is 3.20. The van der Waals surface area contributed by atoms with Crippen molar-refractivity contribution in [1.82, 2.24) is 5.32 Å². The van der Waals surface area contributed by atoms with Gasteiger partial charge in [-0.3, -0.25) is 0 Å². The molecular formula is C10H13BrN2. The van der Waals surface area contributed by atoms with Crippen molar-refractivity contribution in [2.45, 2.75) is 13.0 Å². The fourth-order valence-electron chi connectivity index (χ4n) is 1.36. The maximum Gasteiger partial charge on any atom is 0.0510 e. The van der Waals surface area contributed by atoms with E-state index in [1.165, 1.54) is 15.7 Å². The molecule has 13 heavy (non-hydrogen) atoms. The van der Waals surface area contributed by atoms with Crippen LogP contribution in [0, 0.1) is 6.92 Å². The Labute approximate surface area is 86.9 Å². The fourth-order valence-corrected chi connectivity index (χ4v) is 1.61. The Bertz CT molecular complexity index is 308. The topological polar surface area (TPSA) is 24.1 Å². The number of hydrogen-bond donors (Lipinski definition) is 2. The van der Waals surface area contributed by atoms with Crippen molar-refractivity contribution in [3.05, 3.63) is 28.2 Å². The molecule has 0 atom stereocenters. The summed E-state index contributed by atoms with van der Waals surface area (Å²) in [5.41, 5.74) is 2.49. The zero-order chi connectivity index (χ0) is 9.26. The van der Waals surface area contributed by atoms with Crippen molar-refractivity contribution in [2.75, 3.05) is 18.4 Å². The summed E-state index contributed by atoms with van der Waals surface area (Å²) in [7, 11) is 0. The Kier molecular flexibility index (Phi) is 2.56. The Morgan fingerprint density at radius 2 is 2.23 bits per heavy atom. The molecule has 3 heteroatoms. The van der Waals surface area contributed by atoms with E-state index in [0.717, 1.165) is 13.1 Å². The molecule has 1 aliphatic heterocycles. The highest BCUT2D eigenvalue weighted by molar-refractivity contribution is 9.10. The van der Waals surface area contributed by atoms with Crippen LogP contribution in [0.25, 0.3) is 0 Å². The summed E-state index contributed by atoms with van der Waals surface area (Å²) >= 11 is 3.49. The molecular weight excluding hydrogens is 228 g/mol.